The maximum atomic E-state index is 12.5. The number of aryl methyl sites for hydroxylation is 1. The van der Waals surface area contributed by atoms with Gasteiger partial charge in [-0.25, -0.2) is 4.98 Å². The lowest BCUT2D eigenvalue weighted by Gasteiger charge is -2.31. The van der Waals surface area contributed by atoms with Crippen LogP contribution in [0.4, 0.5) is 13.2 Å². The summed E-state index contributed by atoms with van der Waals surface area (Å²) in [5.74, 6) is -1.04. The van der Waals surface area contributed by atoms with Crippen LogP contribution in [0.1, 0.15) is 51.1 Å². The van der Waals surface area contributed by atoms with Gasteiger partial charge in [0.2, 0.25) is 0 Å². The highest BCUT2D eigenvalue weighted by Gasteiger charge is 2.29. The fourth-order valence-corrected chi connectivity index (χ4v) is 2.99. The van der Waals surface area contributed by atoms with Crippen LogP contribution in [0.2, 0.25) is 0 Å². The maximum absolute atomic E-state index is 12.5. The Labute approximate surface area is 158 Å². The molecule has 8 nitrogen and oxygen atoms in total. The Kier molecular flexibility index (Phi) is 5.61. The number of piperidine rings is 1. The van der Waals surface area contributed by atoms with Crippen LogP contribution in [-0.4, -0.2) is 62.7 Å². The highest BCUT2D eigenvalue weighted by molar-refractivity contribution is 5.92. The molecule has 1 aliphatic rings. The van der Waals surface area contributed by atoms with Crippen LogP contribution in [0.25, 0.3) is 0 Å². The van der Waals surface area contributed by atoms with Crippen molar-refractivity contribution in [2.24, 2.45) is 0 Å². The van der Waals surface area contributed by atoms with Crippen LogP contribution >= 0.6 is 0 Å². The summed E-state index contributed by atoms with van der Waals surface area (Å²) in [6.45, 7) is 1.37. The van der Waals surface area contributed by atoms with Crippen molar-refractivity contribution in [1.82, 2.24) is 30.4 Å². The molecule has 0 aliphatic carbocycles. The van der Waals surface area contributed by atoms with Crippen LogP contribution in [-0.2, 0) is 0 Å². The number of halogens is 3. The molecule has 11 heteroatoms. The average molecular weight is 396 g/mol. The second-order valence-electron chi connectivity index (χ2n) is 6.62. The van der Waals surface area contributed by atoms with E-state index in [-0.39, 0.29) is 23.2 Å². The van der Waals surface area contributed by atoms with E-state index >= 15 is 0 Å². The van der Waals surface area contributed by atoms with Gasteiger partial charge in [-0.3, -0.25) is 19.7 Å². The molecule has 2 aromatic rings. The molecule has 0 radical (unpaired) electrons. The largest absolute Gasteiger partial charge is 0.405 e. The number of carbonyl (C=O) groups is 2. The van der Waals surface area contributed by atoms with Gasteiger partial charge in [0.1, 0.15) is 17.9 Å². The summed E-state index contributed by atoms with van der Waals surface area (Å²) in [6.07, 6.45) is -0.218. The van der Waals surface area contributed by atoms with E-state index in [2.05, 4.69) is 20.2 Å². The molecule has 0 atom stereocenters. The zero-order chi connectivity index (χ0) is 20.3. The van der Waals surface area contributed by atoms with Crippen molar-refractivity contribution in [3.05, 3.63) is 41.2 Å². The molecule has 0 aromatic carbocycles. The van der Waals surface area contributed by atoms with Gasteiger partial charge in [0.05, 0.1) is 11.9 Å². The minimum Gasteiger partial charge on any atom is -0.342 e. The molecule has 3 heterocycles. The molecular formula is C17H19F3N6O2. The number of alkyl halides is 3. The van der Waals surface area contributed by atoms with E-state index in [1.807, 2.05) is 0 Å². The second-order valence-corrected chi connectivity index (χ2v) is 6.62. The summed E-state index contributed by atoms with van der Waals surface area (Å²) < 4.78 is 36.6. The highest BCUT2D eigenvalue weighted by Crippen LogP contribution is 2.27. The number of likely N-dealkylation sites (tertiary alicyclic amines) is 1. The van der Waals surface area contributed by atoms with Crippen molar-refractivity contribution in [3.8, 4) is 0 Å². The fourth-order valence-electron chi connectivity index (χ4n) is 2.99. The van der Waals surface area contributed by atoms with Gasteiger partial charge in [-0.05, 0) is 25.8 Å². The summed E-state index contributed by atoms with van der Waals surface area (Å²) in [5, 5.41) is 8.30. The van der Waals surface area contributed by atoms with E-state index < -0.39 is 18.6 Å². The second kappa shape index (κ2) is 7.95. The smallest absolute Gasteiger partial charge is 0.342 e. The molecule has 28 heavy (non-hydrogen) atoms. The van der Waals surface area contributed by atoms with Gasteiger partial charge in [-0.15, -0.1) is 0 Å². The first-order chi connectivity index (χ1) is 13.2. The van der Waals surface area contributed by atoms with E-state index in [1.165, 1.54) is 18.5 Å². The van der Waals surface area contributed by atoms with Crippen molar-refractivity contribution in [2.45, 2.75) is 31.9 Å². The first kappa shape index (κ1) is 19.8. The lowest BCUT2D eigenvalue weighted by atomic mass is 9.93. The van der Waals surface area contributed by atoms with Crippen molar-refractivity contribution in [2.75, 3.05) is 19.6 Å². The summed E-state index contributed by atoms with van der Waals surface area (Å²) in [5.41, 5.74) is 1.59. The summed E-state index contributed by atoms with van der Waals surface area (Å²) in [7, 11) is 0. The Morgan fingerprint density at radius 1 is 1.21 bits per heavy atom. The number of amides is 2. The zero-order valence-corrected chi connectivity index (χ0v) is 15.1. The molecule has 2 N–H and O–H groups in total. The number of rotatable bonds is 4. The summed E-state index contributed by atoms with van der Waals surface area (Å²) in [4.78, 5) is 34.1. The SMILES string of the molecule is Cc1cnc(C(=O)N2CCC(c3cc(C(=O)NCC(F)(F)F)n[nH]3)CC2)cn1. The number of carbonyl (C=O) groups excluding carboxylic acids is 2. The van der Waals surface area contributed by atoms with Gasteiger partial charge >= 0.3 is 6.18 Å². The first-order valence-corrected chi connectivity index (χ1v) is 8.71. The number of H-pyrrole nitrogens is 1. The average Bonchev–Trinajstić information content (AvgIpc) is 3.16. The predicted molar refractivity (Wildman–Crippen MR) is 91.6 cm³/mol. The summed E-state index contributed by atoms with van der Waals surface area (Å²) >= 11 is 0. The van der Waals surface area contributed by atoms with E-state index in [4.69, 9.17) is 0 Å². The number of nitrogens with zero attached hydrogens (tertiary/aromatic N) is 4. The van der Waals surface area contributed by atoms with Crippen molar-refractivity contribution in [3.63, 3.8) is 0 Å². The molecule has 2 aromatic heterocycles. The highest BCUT2D eigenvalue weighted by atomic mass is 19.4. The standard InChI is InChI=1S/C17H19F3N6O2/c1-10-7-22-14(8-21-10)16(28)26-4-2-11(3-5-26)12-6-13(25-24-12)15(27)23-9-17(18,19)20/h6-8,11H,2-5,9H2,1H3,(H,23,27)(H,24,25). The van der Waals surface area contributed by atoms with Gasteiger partial charge in [0.15, 0.2) is 0 Å². The molecule has 1 aliphatic heterocycles. The van der Waals surface area contributed by atoms with Gasteiger partial charge in [0.25, 0.3) is 11.8 Å². The molecule has 2 amide bonds. The third kappa shape index (κ3) is 4.84. The number of aromatic nitrogens is 4. The van der Waals surface area contributed by atoms with E-state index in [0.717, 1.165) is 5.69 Å². The van der Waals surface area contributed by atoms with Crippen LogP contribution in [0.5, 0.6) is 0 Å². The number of hydrogen-bond acceptors (Lipinski definition) is 5. The molecular weight excluding hydrogens is 377 g/mol. The number of hydrogen-bond donors (Lipinski definition) is 2. The predicted octanol–water partition coefficient (Wildman–Crippen LogP) is 1.82. The van der Waals surface area contributed by atoms with Crippen LogP contribution < -0.4 is 5.32 Å². The zero-order valence-electron chi connectivity index (χ0n) is 15.1. The van der Waals surface area contributed by atoms with E-state index in [0.29, 0.717) is 31.6 Å². The van der Waals surface area contributed by atoms with Gasteiger partial charge < -0.3 is 10.2 Å². The Bertz CT molecular complexity index is 841. The van der Waals surface area contributed by atoms with Gasteiger partial charge in [0, 0.05) is 30.9 Å². The third-order valence-electron chi connectivity index (χ3n) is 4.50. The molecule has 1 fully saturated rings. The minimum atomic E-state index is -4.48. The van der Waals surface area contributed by atoms with Gasteiger partial charge in [-0.2, -0.15) is 18.3 Å². The first-order valence-electron chi connectivity index (χ1n) is 8.71. The molecule has 0 bridgehead atoms. The van der Waals surface area contributed by atoms with Crippen molar-refractivity contribution < 1.29 is 22.8 Å². The molecule has 0 saturated carbocycles. The minimum absolute atomic E-state index is 0.0322. The topological polar surface area (TPSA) is 104 Å². The number of aromatic amines is 1. The molecule has 0 spiro atoms. The Morgan fingerprint density at radius 3 is 2.54 bits per heavy atom. The Hall–Kier alpha value is -2.98. The fraction of sp³-hybridized carbons (Fsp3) is 0.471. The van der Waals surface area contributed by atoms with Crippen molar-refractivity contribution in [1.29, 1.82) is 0 Å². The van der Waals surface area contributed by atoms with Crippen LogP contribution in [0.15, 0.2) is 18.5 Å². The maximum Gasteiger partial charge on any atom is 0.405 e. The lowest BCUT2D eigenvalue weighted by molar-refractivity contribution is -0.123. The molecule has 0 unspecified atom stereocenters. The van der Waals surface area contributed by atoms with Crippen LogP contribution in [0.3, 0.4) is 0 Å². The normalized spacial score (nSPS) is 15.5. The van der Waals surface area contributed by atoms with E-state index in [1.54, 1.807) is 17.1 Å². The van der Waals surface area contributed by atoms with Crippen LogP contribution in [0, 0.1) is 6.92 Å². The summed E-state index contributed by atoms with van der Waals surface area (Å²) in [6, 6.07) is 1.46. The Morgan fingerprint density at radius 2 is 1.93 bits per heavy atom. The quantitative estimate of drug-likeness (QED) is 0.821. The van der Waals surface area contributed by atoms with E-state index in [9.17, 15) is 22.8 Å². The monoisotopic (exact) mass is 396 g/mol. The third-order valence-corrected chi connectivity index (χ3v) is 4.50. The lowest BCUT2D eigenvalue weighted by Crippen LogP contribution is -2.38. The molecule has 1 saturated heterocycles. The van der Waals surface area contributed by atoms with Gasteiger partial charge in [-0.1, -0.05) is 0 Å². The number of nitrogens with one attached hydrogen (secondary N) is 2. The molecule has 3 rings (SSSR count). The Balaban J connectivity index is 1.55. The molecule has 150 valence electrons. The van der Waals surface area contributed by atoms with Crippen molar-refractivity contribution >= 4 is 11.8 Å².